The van der Waals surface area contributed by atoms with Crippen LogP contribution in [0.25, 0.3) is 11.5 Å². The number of hydrogen-bond donors (Lipinski definition) is 0. The van der Waals surface area contributed by atoms with Crippen LogP contribution in [0.15, 0.2) is 57.5 Å². The van der Waals surface area contributed by atoms with Gasteiger partial charge in [0.1, 0.15) is 0 Å². The van der Waals surface area contributed by atoms with Crippen molar-refractivity contribution in [1.82, 2.24) is 9.47 Å². The summed E-state index contributed by atoms with van der Waals surface area (Å²) in [5.74, 6) is 1.12. The fourth-order valence-corrected chi connectivity index (χ4v) is 4.34. The van der Waals surface area contributed by atoms with E-state index in [0.717, 1.165) is 60.0 Å². The predicted octanol–water partition coefficient (Wildman–Crippen LogP) is 4.36. The highest BCUT2D eigenvalue weighted by Gasteiger charge is 2.19. The lowest BCUT2D eigenvalue weighted by molar-refractivity contribution is -0.127. The van der Waals surface area contributed by atoms with Crippen LogP contribution < -0.4 is 4.80 Å². The number of aryl methyl sites for hydroxylation is 1. The van der Waals surface area contributed by atoms with Gasteiger partial charge in [0.25, 0.3) is 0 Å². The average Bonchev–Trinajstić information content (AvgIpc) is 3.40. The standard InChI is InChI=1S/C21H23N3O2S/c1-16-7-2-3-8-17(16)22-21-24(13-6-12-23-11-4-10-20(23)25)18(15-27-21)19-9-5-14-26-19/h2-3,5,7-9,14-15H,4,6,10-13H2,1H3. The van der Waals surface area contributed by atoms with Crippen molar-refractivity contribution in [3.63, 3.8) is 0 Å². The molecule has 0 N–H and O–H groups in total. The Morgan fingerprint density at radius 2 is 2.07 bits per heavy atom. The second kappa shape index (κ2) is 7.96. The normalized spacial score (nSPS) is 15.1. The summed E-state index contributed by atoms with van der Waals surface area (Å²) in [7, 11) is 0. The minimum atomic E-state index is 0.279. The van der Waals surface area contributed by atoms with Crippen molar-refractivity contribution in [2.45, 2.75) is 32.7 Å². The molecule has 0 aliphatic carbocycles. The van der Waals surface area contributed by atoms with Crippen LogP contribution in [0.2, 0.25) is 0 Å². The van der Waals surface area contributed by atoms with Gasteiger partial charge in [-0.15, -0.1) is 11.3 Å². The van der Waals surface area contributed by atoms with E-state index >= 15 is 0 Å². The smallest absolute Gasteiger partial charge is 0.222 e. The van der Waals surface area contributed by atoms with Gasteiger partial charge in [-0.25, -0.2) is 4.99 Å². The number of carbonyl (C=O) groups is 1. The Bertz CT molecular complexity index is 985. The number of nitrogens with zero attached hydrogens (tertiary/aromatic N) is 3. The van der Waals surface area contributed by atoms with E-state index in [1.165, 1.54) is 0 Å². The van der Waals surface area contributed by atoms with E-state index in [-0.39, 0.29) is 5.91 Å². The number of furan rings is 1. The molecular formula is C21H23N3O2S. The van der Waals surface area contributed by atoms with E-state index in [9.17, 15) is 4.79 Å². The van der Waals surface area contributed by atoms with Gasteiger partial charge in [0.05, 0.1) is 17.6 Å². The molecule has 1 aromatic carbocycles. The quantitative estimate of drug-likeness (QED) is 0.637. The number of aromatic nitrogens is 1. The van der Waals surface area contributed by atoms with E-state index in [0.29, 0.717) is 6.42 Å². The van der Waals surface area contributed by atoms with Crippen molar-refractivity contribution in [1.29, 1.82) is 0 Å². The maximum absolute atomic E-state index is 11.9. The Morgan fingerprint density at radius 1 is 1.19 bits per heavy atom. The van der Waals surface area contributed by atoms with Gasteiger partial charge in [-0.05, 0) is 43.5 Å². The number of para-hydroxylation sites is 1. The Kier molecular flexibility index (Phi) is 5.25. The molecule has 1 aliphatic rings. The zero-order chi connectivity index (χ0) is 18.6. The van der Waals surface area contributed by atoms with E-state index in [4.69, 9.17) is 9.41 Å². The van der Waals surface area contributed by atoms with Gasteiger partial charge in [0.15, 0.2) is 10.6 Å². The molecule has 1 fully saturated rings. The summed E-state index contributed by atoms with van der Waals surface area (Å²) < 4.78 is 7.83. The highest BCUT2D eigenvalue weighted by molar-refractivity contribution is 7.07. The molecule has 140 valence electrons. The van der Waals surface area contributed by atoms with Crippen molar-refractivity contribution in [2.24, 2.45) is 4.99 Å². The molecule has 0 saturated carbocycles. The van der Waals surface area contributed by atoms with Crippen molar-refractivity contribution < 1.29 is 9.21 Å². The first-order valence-electron chi connectivity index (χ1n) is 9.33. The Morgan fingerprint density at radius 3 is 2.81 bits per heavy atom. The molecule has 3 heterocycles. The summed E-state index contributed by atoms with van der Waals surface area (Å²) in [5.41, 5.74) is 3.17. The van der Waals surface area contributed by atoms with Gasteiger partial charge in [-0.3, -0.25) is 4.79 Å². The molecule has 1 aliphatic heterocycles. The molecule has 1 amide bonds. The lowest BCUT2D eigenvalue weighted by Gasteiger charge is -2.16. The van der Waals surface area contributed by atoms with Crippen molar-refractivity contribution >= 4 is 22.9 Å². The number of carbonyl (C=O) groups excluding carboxylic acids is 1. The van der Waals surface area contributed by atoms with Gasteiger partial charge < -0.3 is 13.9 Å². The lowest BCUT2D eigenvalue weighted by Crippen LogP contribution is -2.27. The van der Waals surface area contributed by atoms with Crippen LogP contribution in [0.4, 0.5) is 5.69 Å². The van der Waals surface area contributed by atoms with Gasteiger partial charge >= 0.3 is 0 Å². The highest BCUT2D eigenvalue weighted by atomic mass is 32.1. The van der Waals surface area contributed by atoms with Crippen LogP contribution in [0, 0.1) is 6.92 Å². The number of hydrogen-bond acceptors (Lipinski definition) is 4. The molecule has 2 aromatic heterocycles. The van der Waals surface area contributed by atoms with Crippen LogP contribution >= 0.6 is 11.3 Å². The summed E-state index contributed by atoms with van der Waals surface area (Å²) in [6.07, 6.45) is 4.27. The average molecular weight is 382 g/mol. The first-order valence-corrected chi connectivity index (χ1v) is 10.2. The summed E-state index contributed by atoms with van der Waals surface area (Å²) in [6.45, 7) is 4.55. The number of amides is 1. The molecule has 1 saturated heterocycles. The first-order chi connectivity index (χ1) is 13.2. The highest BCUT2D eigenvalue weighted by Crippen LogP contribution is 2.23. The number of rotatable bonds is 6. The van der Waals surface area contributed by atoms with E-state index in [2.05, 4.69) is 22.9 Å². The third kappa shape index (κ3) is 3.90. The third-order valence-electron chi connectivity index (χ3n) is 4.88. The van der Waals surface area contributed by atoms with Gasteiger partial charge in [0.2, 0.25) is 5.91 Å². The molecule has 0 spiro atoms. The Labute approximate surface area is 162 Å². The molecule has 0 radical (unpaired) electrons. The van der Waals surface area contributed by atoms with Gasteiger partial charge in [-0.2, -0.15) is 0 Å². The summed E-state index contributed by atoms with van der Waals surface area (Å²) in [4.78, 5) is 19.7. The monoisotopic (exact) mass is 381 g/mol. The van der Waals surface area contributed by atoms with Crippen molar-refractivity contribution in [3.8, 4) is 11.5 Å². The second-order valence-corrected chi connectivity index (χ2v) is 7.61. The first kappa shape index (κ1) is 17.8. The fourth-order valence-electron chi connectivity index (χ4n) is 3.41. The zero-order valence-electron chi connectivity index (χ0n) is 15.4. The van der Waals surface area contributed by atoms with Crippen LogP contribution in [0.3, 0.4) is 0 Å². The topological polar surface area (TPSA) is 50.7 Å². The minimum Gasteiger partial charge on any atom is -0.463 e. The van der Waals surface area contributed by atoms with Crippen LogP contribution in [-0.2, 0) is 11.3 Å². The van der Waals surface area contributed by atoms with E-state index < -0.39 is 0 Å². The van der Waals surface area contributed by atoms with E-state index in [1.54, 1.807) is 17.6 Å². The molecule has 4 rings (SSSR count). The number of benzene rings is 1. The van der Waals surface area contributed by atoms with E-state index in [1.807, 2.05) is 35.2 Å². The lowest BCUT2D eigenvalue weighted by atomic mass is 10.2. The summed E-state index contributed by atoms with van der Waals surface area (Å²) in [5, 5.41) is 2.09. The minimum absolute atomic E-state index is 0.279. The van der Waals surface area contributed by atoms with Crippen LogP contribution in [0.5, 0.6) is 0 Å². The Hall–Kier alpha value is -2.60. The number of thiazole rings is 1. The molecule has 0 unspecified atom stereocenters. The third-order valence-corrected chi connectivity index (χ3v) is 5.75. The molecular weight excluding hydrogens is 358 g/mol. The maximum Gasteiger partial charge on any atom is 0.222 e. The molecule has 5 nitrogen and oxygen atoms in total. The maximum atomic E-state index is 11.9. The van der Waals surface area contributed by atoms with Crippen LogP contribution in [-0.4, -0.2) is 28.5 Å². The fraction of sp³-hybridized carbons (Fsp3) is 0.333. The molecule has 27 heavy (non-hydrogen) atoms. The van der Waals surface area contributed by atoms with Crippen LogP contribution in [0.1, 0.15) is 24.8 Å². The molecule has 0 bridgehead atoms. The largest absolute Gasteiger partial charge is 0.463 e. The molecule has 3 aromatic rings. The molecule has 0 atom stereocenters. The SMILES string of the molecule is Cc1ccccc1N=c1scc(-c2ccco2)n1CCCN1CCCC1=O. The summed E-state index contributed by atoms with van der Waals surface area (Å²) >= 11 is 1.62. The summed E-state index contributed by atoms with van der Waals surface area (Å²) in [6, 6.07) is 12.0. The Balaban J connectivity index is 1.63. The predicted molar refractivity (Wildman–Crippen MR) is 107 cm³/mol. The zero-order valence-corrected chi connectivity index (χ0v) is 16.2. The van der Waals surface area contributed by atoms with Crippen molar-refractivity contribution in [3.05, 3.63) is 58.4 Å². The number of likely N-dealkylation sites (tertiary alicyclic amines) is 1. The second-order valence-electron chi connectivity index (χ2n) is 6.77. The molecule has 6 heteroatoms. The van der Waals surface area contributed by atoms with Gasteiger partial charge in [0, 0.05) is 31.4 Å². The van der Waals surface area contributed by atoms with Gasteiger partial charge in [-0.1, -0.05) is 18.2 Å². The van der Waals surface area contributed by atoms with Crippen molar-refractivity contribution in [2.75, 3.05) is 13.1 Å².